The highest BCUT2D eigenvalue weighted by molar-refractivity contribution is 7.99. The van der Waals surface area contributed by atoms with E-state index >= 15 is 0 Å². The Morgan fingerprint density at radius 2 is 1.87 bits per heavy atom. The van der Waals surface area contributed by atoms with Crippen molar-refractivity contribution in [2.75, 3.05) is 5.75 Å². The minimum atomic E-state index is -0.0237. The molecule has 0 atom stereocenters. The van der Waals surface area contributed by atoms with Crippen LogP contribution in [-0.2, 0) is 17.1 Å². The molecule has 0 aliphatic carbocycles. The number of amides is 1. The van der Waals surface area contributed by atoms with E-state index in [2.05, 4.69) is 16.4 Å². The fraction of sp³-hybridized carbons (Fsp3) is 0.208. The molecule has 0 radical (unpaired) electrons. The lowest BCUT2D eigenvalue weighted by molar-refractivity contribution is -0.118. The van der Waals surface area contributed by atoms with Crippen LogP contribution in [0.1, 0.15) is 27.8 Å². The summed E-state index contributed by atoms with van der Waals surface area (Å²) in [5.41, 5.74) is 4.83. The van der Waals surface area contributed by atoms with Crippen molar-refractivity contribution in [1.29, 1.82) is 5.26 Å². The Bertz CT molecular complexity index is 1040. The van der Waals surface area contributed by atoms with Gasteiger partial charge >= 0.3 is 0 Å². The minimum absolute atomic E-state index is 0.0237. The van der Waals surface area contributed by atoms with Gasteiger partial charge in [0.15, 0.2) is 0 Å². The maximum Gasteiger partial charge on any atom is 0.230 e. The van der Waals surface area contributed by atoms with E-state index < -0.39 is 0 Å². The normalized spacial score (nSPS) is 10.3. The van der Waals surface area contributed by atoms with Crippen molar-refractivity contribution in [3.8, 4) is 17.7 Å². The highest BCUT2D eigenvalue weighted by atomic mass is 32.2. The van der Waals surface area contributed by atoms with Gasteiger partial charge in [-0.3, -0.25) is 4.79 Å². The fourth-order valence-electron chi connectivity index (χ4n) is 2.69. The number of ether oxygens (including phenoxy) is 1. The number of aromatic nitrogens is 1. The molecule has 0 bridgehead atoms. The van der Waals surface area contributed by atoms with Crippen LogP contribution in [0.4, 0.5) is 0 Å². The van der Waals surface area contributed by atoms with Crippen LogP contribution in [0.5, 0.6) is 11.6 Å². The third-order valence-electron chi connectivity index (χ3n) is 4.43. The molecule has 1 N–H and O–H groups in total. The molecule has 152 valence electrons. The van der Waals surface area contributed by atoms with Gasteiger partial charge in [-0.1, -0.05) is 30.3 Å². The molecule has 0 saturated carbocycles. The molecule has 0 fully saturated rings. The number of hydrogen-bond donors (Lipinski definition) is 1. The van der Waals surface area contributed by atoms with Crippen molar-refractivity contribution >= 4 is 17.7 Å². The topological polar surface area (TPSA) is 75.0 Å². The van der Waals surface area contributed by atoms with Crippen molar-refractivity contribution in [3.63, 3.8) is 0 Å². The SMILES string of the molecule is Cc1ccc(C)c(Oc2ccc(CNC(=O)CSCc3ccc(C#N)cc3)cn2)c1. The molecule has 1 amide bonds. The van der Waals surface area contributed by atoms with E-state index in [1.54, 1.807) is 18.3 Å². The number of carbonyl (C=O) groups excluding carboxylic acids is 1. The maximum atomic E-state index is 12.1. The summed E-state index contributed by atoms with van der Waals surface area (Å²) in [5.74, 6) is 2.40. The number of nitrogens with one attached hydrogen (secondary N) is 1. The van der Waals surface area contributed by atoms with Gasteiger partial charge in [-0.2, -0.15) is 5.26 Å². The van der Waals surface area contributed by atoms with Gasteiger partial charge in [0, 0.05) is 24.6 Å². The highest BCUT2D eigenvalue weighted by Gasteiger charge is 2.05. The predicted molar refractivity (Wildman–Crippen MR) is 119 cm³/mol. The molecule has 0 aliphatic heterocycles. The van der Waals surface area contributed by atoms with E-state index in [0.717, 1.165) is 33.8 Å². The molecule has 1 aromatic heterocycles. The molecule has 5 nitrogen and oxygen atoms in total. The molecule has 6 heteroatoms. The molecule has 30 heavy (non-hydrogen) atoms. The summed E-state index contributed by atoms with van der Waals surface area (Å²) < 4.78 is 5.86. The predicted octanol–water partition coefficient (Wildman–Crippen LogP) is 4.91. The number of benzene rings is 2. The summed E-state index contributed by atoms with van der Waals surface area (Å²) in [4.78, 5) is 16.4. The van der Waals surface area contributed by atoms with Crippen LogP contribution in [0.3, 0.4) is 0 Å². The molecule has 3 aromatic rings. The van der Waals surface area contributed by atoms with Crippen molar-refractivity contribution in [2.45, 2.75) is 26.1 Å². The molecule has 2 aromatic carbocycles. The Morgan fingerprint density at radius 3 is 2.57 bits per heavy atom. The Labute approximate surface area is 181 Å². The zero-order valence-corrected chi connectivity index (χ0v) is 17.8. The summed E-state index contributed by atoms with van der Waals surface area (Å²) in [6.07, 6.45) is 1.71. The van der Waals surface area contributed by atoms with Gasteiger partial charge < -0.3 is 10.1 Å². The van der Waals surface area contributed by atoms with Crippen LogP contribution in [0, 0.1) is 25.2 Å². The fourth-order valence-corrected chi connectivity index (χ4v) is 3.51. The van der Waals surface area contributed by atoms with E-state index in [4.69, 9.17) is 10.00 Å². The summed E-state index contributed by atoms with van der Waals surface area (Å²) in [6, 6.07) is 19.3. The number of aryl methyl sites for hydroxylation is 2. The van der Waals surface area contributed by atoms with Gasteiger partial charge in [0.25, 0.3) is 0 Å². The average Bonchev–Trinajstić information content (AvgIpc) is 2.76. The van der Waals surface area contributed by atoms with Crippen molar-refractivity contribution in [2.24, 2.45) is 0 Å². The molecule has 0 saturated heterocycles. The van der Waals surface area contributed by atoms with Crippen LogP contribution in [0.25, 0.3) is 0 Å². The second-order valence-electron chi connectivity index (χ2n) is 6.95. The Balaban J connectivity index is 1.42. The first kappa shape index (κ1) is 21.4. The molecular formula is C24H23N3O2S. The zero-order chi connectivity index (χ0) is 21.3. The third kappa shape index (κ3) is 6.36. The average molecular weight is 418 g/mol. The van der Waals surface area contributed by atoms with Crippen LogP contribution in [0.2, 0.25) is 0 Å². The van der Waals surface area contributed by atoms with E-state index in [9.17, 15) is 4.79 Å². The summed E-state index contributed by atoms with van der Waals surface area (Å²) in [7, 11) is 0. The number of rotatable bonds is 8. The number of nitrogens with zero attached hydrogens (tertiary/aromatic N) is 2. The Hall–Kier alpha value is -3.30. The standard InChI is InChI=1S/C24H23N3O2S/c1-17-3-4-18(2)22(11-17)29-24-10-9-21(14-27-24)13-26-23(28)16-30-15-20-7-5-19(12-25)6-8-20/h3-11,14H,13,15-16H2,1-2H3,(H,26,28). The Kier molecular flexibility index (Phi) is 7.47. The lowest BCUT2D eigenvalue weighted by atomic mass is 10.1. The van der Waals surface area contributed by atoms with E-state index in [1.807, 2.05) is 56.3 Å². The lowest BCUT2D eigenvalue weighted by Gasteiger charge is -2.10. The van der Waals surface area contributed by atoms with Gasteiger partial charge in [0.2, 0.25) is 11.8 Å². The first-order chi connectivity index (χ1) is 14.5. The highest BCUT2D eigenvalue weighted by Crippen LogP contribution is 2.24. The summed E-state index contributed by atoms with van der Waals surface area (Å²) in [6.45, 7) is 4.44. The van der Waals surface area contributed by atoms with Crippen molar-refractivity contribution < 1.29 is 9.53 Å². The number of hydrogen-bond acceptors (Lipinski definition) is 5. The maximum absolute atomic E-state index is 12.1. The van der Waals surface area contributed by atoms with E-state index in [-0.39, 0.29) is 5.91 Å². The minimum Gasteiger partial charge on any atom is -0.439 e. The van der Waals surface area contributed by atoms with Gasteiger partial charge in [-0.25, -0.2) is 4.98 Å². The van der Waals surface area contributed by atoms with Gasteiger partial charge in [-0.15, -0.1) is 11.8 Å². The second kappa shape index (κ2) is 10.5. The molecule has 3 rings (SSSR count). The van der Waals surface area contributed by atoms with Crippen LogP contribution >= 0.6 is 11.8 Å². The molecule has 1 heterocycles. The monoisotopic (exact) mass is 417 g/mol. The first-order valence-electron chi connectivity index (χ1n) is 9.57. The smallest absolute Gasteiger partial charge is 0.230 e. The van der Waals surface area contributed by atoms with Gasteiger partial charge in [0.1, 0.15) is 5.75 Å². The van der Waals surface area contributed by atoms with Gasteiger partial charge in [-0.05, 0) is 54.3 Å². The quantitative estimate of drug-likeness (QED) is 0.563. The van der Waals surface area contributed by atoms with Gasteiger partial charge in [0.05, 0.1) is 17.4 Å². The zero-order valence-electron chi connectivity index (χ0n) is 17.0. The van der Waals surface area contributed by atoms with Crippen molar-refractivity contribution in [1.82, 2.24) is 10.3 Å². The number of nitriles is 1. The van der Waals surface area contributed by atoms with Crippen LogP contribution < -0.4 is 10.1 Å². The number of pyridine rings is 1. The van der Waals surface area contributed by atoms with Crippen LogP contribution in [0.15, 0.2) is 60.8 Å². The lowest BCUT2D eigenvalue weighted by Crippen LogP contribution is -2.24. The number of thioether (sulfide) groups is 1. The molecule has 0 aliphatic rings. The van der Waals surface area contributed by atoms with E-state index in [0.29, 0.717) is 23.7 Å². The van der Waals surface area contributed by atoms with Crippen molar-refractivity contribution in [3.05, 3.63) is 88.6 Å². The second-order valence-corrected chi connectivity index (χ2v) is 7.94. The summed E-state index contributed by atoms with van der Waals surface area (Å²) in [5, 5.41) is 11.7. The summed E-state index contributed by atoms with van der Waals surface area (Å²) >= 11 is 1.54. The molecule has 0 unspecified atom stereocenters. The van der Waals surface area contributed by atoms with Crippen LogP contribution in [-0.4, -0.2) is 16.6 Å². The molecule has 0 spiro atoms. The first-order valence-corrected chi connectivity index (χ1v) is 10.7. The third-order valence-corrected chi connectivity index (χ3v) is 5.43. The largest absolute Gasteiger partial charge is 0.439 e. The molecular weight excluding hydrogens is 394 g/mol. The number of carbonyl (C=O) groups is 1. The Morgan fingerprint density at radius 1 is 1.10 bits per heavy atom. The van der Waals surface area contributed by atoms with E-state index in [1.165, 1.54) is 11.8 Å².